The van der Waals surface area contributed by atoms with Crippen LogP contribution in [0.2, 0.25) is 0 Å². The quantitative estimate of drug-likeness (QED) is 0.244. The number of phosphoric acid groups is 1. The lowest BCUT2D eigenvalue weighted by Crippen LogP contribution is -2.31. The molecule has 0 amide bonds. The molecule has 0 heterocycles. The Hall–Kier alpha value is -1.04. The fourth-order valence-electron chi connectivity index (χ4n) is 0.479. The fraction of sp³-hybridized carbons (Fsp3) is 0.500. The zero-order chi connectivity index (χ0) is 14.4. The van der Waals surface area contributed by atoms with E-state index in [1.807, 2.05) is 0 Å². The van der Waals surface area contributed by atoms with Gasteiger partial charge in [0, 0.05) is 0 Å². The molecule has 0 aromatic carbocycles. The van der Waals surface area contributed by atoms with E-state index in [1.54, 1.807) is 0 Å². The van der Waals surface area contributed by atoms with Crippen molar-refractivity contribution in [1.82, 2.24) is 0 Å². The second-order valence-electron chi connectivity index (χ2n) is 2.45. The van der Waals surface area contributed by atoms with Crippen molar-refractivity contribution in [2.75, 3.05) is 0 Å². The van der Waals surface area contributed by atoms with Crippen LogP contribution >= 0.6 is 7.82 Å². The Labute approximate surface area is 94.3 Å². The van der Waals surface area contributed by atoms with Crippen LogP contribution in [0.5, 0.6) is 0 Å². The molecule has 0 rings (SSSR count). The molecule has 0 aromatic rings. The average molecular weight is 296 g/mol. The summed E-state index contributed by atoms with van der Waals surface area (Å²) in [5.74, 6) is -3.50. The van der Waals surface area contributed by atoms with Gasteiger partial charge in [0.1, 0.15) is 0 Å². The Balaban J connectivity index is 0. The van der Waals surface area contributed by atoms with Gasteiger partial charge >= 0.3 is 19.8 Å². The van der Waals surface area contributed by atoms with Crippen LogP contribution in [0, 0.1) is 0 Å². The van der Waals surface area contributed by atoms with Gasteiger partial charge in [-0.2, -0.15) is 8.42 Å². The summed E-state index contributed by atoms with van der Waals surface area (Å²) in [7, 11) is -9.48. The van der Waals surface area contributed by atoms with Crippen molar-refractivity contribution in [3.8, 4) is 0 Å². The van der Waals surface area contributed by atoms with Gasteiger partial charge in [-0.1, -0.05) is 0 Å². The van der Waals surface area contributed by atoms with E-state index in [0.717, 1.165) is 0 Å². The number of aliphatic carboxylic acids is 2. The van der Waals surface area contributed by atoms with Crippen molar-refractivity contribution in [3.05, 3.63) is 0 Å². The van der Waals surface area contributed by atoms with Crippen LogP contribution in [0.3, 0.4) is 0 Å². The molecule has 0 bridgehead atoms. The van der Waals surface area contributed by atoms with Crippen molar-refractivity contribution in [2.45, 2.75) is 11.7 Å². The first-order valence-corrected chi connectivity index (χ1v) is 6.51. The predicted molar refractivity (Wildman–Crippen MR) is 49.5 cm³/mol. The third kappa shape index (κ3) is 15.0. The van der Waals surface area contributed by atoms with Crippen LogP contribution in [-0.4, -0.2) is 55.1 Å². The molecule has 1 unspecified atom stereocenters. The van der Waals surface area contributed by atoms with E-state index < -0.39 is 41.6 Å². The minimum atomic E-state index is -4.84. The maximum Gasteiger partial charge on any atom is 0.466 e. The van der Waals surface area contributed by atoms with E-state index in [-0.39, 0.29) is 0 Å². The van der Waals surface area contributed by atoms with Gasteiger partial charge in [0.15, 0.2) is 5.25 Å². The molecule has 0 spiro atoms. The molecule has 17 heavy (non-hydrogen) atoms. The van der Waals surface area contributed by atoms with Gasteiger partial charge in [0.25, 0.3) is 10.1 Å². The number of carboxylic acids is 2. The summed E-state index contributed by atoms with van der Waals surface area (Å²) >= 11 is 0. The number of hydrogen-bond donors (Lipinski definition) is 6. The Morgan fingerprint density at radius 2 is 1.41 bits per heavy atom. The highest BCUT2D eigenvalue weighted by Crippen LogP contribution is 2.25. The van der Waals surface area contributed by atoms with Crippen LogP contribution in [0.1, 0.15) is 6.42 Å². The highest BCUT2D eigenvalue weighted by atomic mass is 32.2. The minimum Gasteiger partial charge on any atom is -0.481 e. The standard InChI is InChI=1S/C4H6O7S.H3O4P/c5-3(6)1-2(4(7)8)12(9,10)11;1-5(2,3)4/h2H,1H2,(H,5,6)(H,7,8)(H,9,10,11);(H3,1,2,3,4). The zero-order valence-corrected chi connectivity index (χ0v) is 9.58. The third-order valence-corrected chi connectivity index (χ3v) is 2.08. The van der Waals surface area contributed by atoms with Gasteiger partial charge in [-0.15, -0.1) is 0 Å². The molecule has 0 radical (unpaired) electrons. The lowest BCUT2D eigenvalue weighted by atomic mass is 10.3. The predicted octanol–water partition coefficient (Wildman–Crippen LogP) is -2.13. The van der Waals surface area contributed by atoms with Crippen LogP contribution in [0.15, 0.2) is 0 Å². The van der Waals surface area contributed by atoms with E-state index in [4.69, 9.17) is 34.0 Å². The summed E-state index contributed by atoms with van der Waals surface area (Å²) in [6.45, 7) is 0. The number of hydrogen-bond acceptors (Lipinski definition) is 5. The second kappa shape index (κ2) is 6.64. The first-order valence-electron chi connectivity index (χ1n) is 3.44. The van der Waals surface area contributed by atoms with Gasteiger partial charge in [-0.3, -0.25) is 14.1 Å². The Morgan fingerprint density at radius 3 is 1.47 bits per heavy atom. The van der Waals surface area contributed by atoms with Crippen LogP contribution in [0.25, 0.3) is 0 Å². The van der Waals surface area contributed by atoms with E-state index in [2.05, 4.69) is 0 Å². The Morgan fingerprint density at radius 1 is 1.12 bits per heavy atom. The summed E-state index contributed by atoms with van der Waals surface area (Å²) in [6.07, 6.45) is -1.16. The van der Waals surface area contributed by atoms with Gasteiger partial charge in [-0.25, -0.2) is 4.57 Å². The van der Waals surface area contributed by atoms with E-state index in [1.165, 1.54) is 0 Å². The molecule has 0 aliphatic carbocycles. The molecule has 0 fully saturated rings. The number of carbonyl (C=O) groups is 2. The summed E-state index contributed by atoms with van der Waals surface area (Å²) in [5.41, 5.74) is 0. The molecule has 6 N–H and O–H groups in total. The first kappa shape index (κ1) is 18.3. The molecule has 102 valence electrons. The molecule has 1 atom stereocenters. The lowest BCUT2D eigenvalue weighted by Gasteiger charge is -2.04. The summed E-state index contributed by atoms with van der Waals surface area (Å²) in [6, 6.07) is 0. The van der Waals surface area contributed by atoms with Crippen LogP contribution in [0.4, 0.5) is 0 Å². The SMILES string of the molecule is O=C(O)CC(C(=O)O)S(=O)(=O)O.O=P(O)(O)O. The Kier molecular flexibility index (Phi) is 7.15. The minimum absolute atomic E-state index is 1.16. The summed E-state index contributed by atoms with van der Waals surface area (Å²) < 4.78 is 37.5. The van der Waals surface area contributed by atoms with E-state index in [9.17, 15) is 18.0 Å². The third-order valence-electron chi connectivity index (χ3n) is 0.995. The number of rotatable bonds is 4. The molecule has 0 aromatic heterocycles. The number of carboxylic acid groups (broad SMARTS) is 2. The van der Waals surface area contributed by atoms with Crippen LogP contribution < -0.4 is 0 Å². The topological polar surface area (TPSA) is 207 Å². The molecular weight excluding hydrogens is 287 g/mol. The monoisotopic (exact) mass is 296 g/mol. The maximum absolute atomic E-state index is 10.2. The van der Waals surface area contributed by atoms with Crippen molar-refractivity contribution in [1.29, 1.82) is 0 Å². The van der Waals surface area contributed by atoms with Crippen molar-refractivity contribution >= 4 is 29.9 Å². The molecule has 0 aliphatic heterocycles. The first-order chi connectivity index (χ1) is 7.25. The molecule has 11 nitrogen and oxygen atoms in total. The highest BCUT2D eigenvalue weighted by molar-refractivity contribution is 7.87. The molecule has 13 heteroatoms. The molecule has 0 aliphatic rings. The van der Waals surface area contributed by atoms with Gasteiger partial charge in [-0.05, 0) is 0 Å². The van der Waals surface area contributed by atoms with Crippen molar-refractivity contribution < 1.29 is 52.0 Å². The lowest BCUT2D eigenvalue weighted by molar-refractivity contribution is -0.143. The fourth-order valence-corrected chi connectivity index (χ4v) is 1.09. The second-order valence-corrected chi connectivity index (χ2v) is 5.08. The van der Waals surface area contributed by atoms with Gasteiger partial charge < -0.3 is 24.9 Å². The van der Waals surface area contributed by atoms with Crippen LogP contribution in [-0.2, 0) is 24.3 Å². The highest BCUT2D eigenvalue weighted by Gasteiger charge is 2.33. The summed E-state index contributed by atoms with van der Waals surface area (Å²) in [4.78, 5) is 41.6. The smallest absolute Gasteiger partial charge is 0.466 e. The Bertz CT molecular complexity index is 408. The summed E-state index contributed by atoms with van der Waals surface area (Å²) in [5, 5.41) is 13.9. The molecule has 0 saturated carbocycles. The maximum atomic E-state index is 10.2. The zero-order valence-electron chi connectivity index (χ0n) is 7.86. The van der Waals surface area contributed by atoms with Crippen molar-refractivity contribution in [2.24, 2.45) is 0 Å². The largest absolute Gasteiger partial charge is 0.481 e. The van der Waals surface area contributed by atoms with E-state index >= 15 is 0 Å². The normalized spacial score (nSPS) is 13.2. The molecular formula is C4H9O11PS. The van der Waals surface area contributed by atoms with Crippen molar-refractivity contribution in [3.63, 3.8) is 0 Å². The van der Waals surface area contributed by atoms with E-state index in [0.29, 0.717) is 0 Å². The molecule has 0 saturated heterocycles. The van der Waals surface area contributed by atoms with Gasteiger partial charge in [0.05, 0.1) is 6.42 Å². The average Bonchev–Trinajstić information content (AvgIpc) is 1.93. The van der Waals surface area contributed by atoms with Gasteiger partial charge in [0.2, 0.25) is 0 Å².